The molecule has 0 spiro atoms. The van der Waals surface area contributed by atoms with Gasteiger partial charge in [-0.15, -0.1) is 0 Å². The number of nitrogens with zero attached hydrogens (tertiary/aromatic N) is 1. The fourth-order valence-corrected chi connectivity index (χ4v) is 3.98. The molecule has 0 aliphatic carbocycles. The molecule has 34 heavy (non-hydrogen) atoms. The number of aromatic nitrogens is 1. The van der Waals surface area contributed by atoms with E-state index in [1.165, 1.54) is 63.4 Å². The number of ether oxygens (including phenoxy) is 2. The maximum atomic E-state index is 5.82. The highest BCUT2D eigenvalue weighted by molar-refractivity contribution is 5.59. The molecule has 0 fully saturated rings. The summed E-state index contributed by atoms with van der Waals surface area (Å²) in [5.74, 6) is 0.823. The summed E-state index contributed by atoms with van der Waals surface area (Å²) < 4.78 is 11.4. The van der Waals surface area contributed by atoms with E-state index in [1.807, 2.05) is 18.3 Å². The van der Waals surface area contributed by atoms with Gasteiger partial charge in [0.2, 0.25) is 0 Å². The van der Waals surface area contributed by atoms with E-state index in [1.54, 1.807) is 0 Å². The summed E-state index contributed by atoms with van der Waals surface area (Å²) in [5.41, 5.74) is 3.53. The van der Waals surface area contributed by atoms with Gasteiger partial charge in [-0.25, -0.2) is 0 Å². The van der Waals surface area contributed by atoms with Gasteiger partial charge in [-0.1, -0.05) is 95.2 Å². The molecule has 0 unspecified atom stereocenters. The average Bonchev–Trinajstić information content (AvgIpc) is 2.87. The van der Waals surface area contributed by atoms with Crippen LogP contribution in [0.1, 0.15) is 96.5 Å². The Balaban J connectivity index is 1.60. The lowest BCUT2D eigenvalue weighted by atomic mass is 10.0. The number of allylic oxidation sites excluding steroid dienone is 1. The van der Waals surface area contributed by atoms with Crippen molar-refractivity contribution in [3.8, 4) is 17.0 Å². The zero-order chi connectivity index (χ0) is 24.1. The van der Waals surface area contributed by atoms with E-state index in [4.69, 9.17) is 9.47 Å². The van der Waals surface area contributed by atoms with Crippen LogP contribution in [-0.2, 0) is 11.2 Å². The number of aryl methyl sites for hydroxylation is 1. The Labute approximate surface area is 209 Å². The van der Waals surface area contributed by atoms with Gasteiger partial charge in [-0.3, -0.25) is 4.98 Å². The lowest BCUT2D eigenvalue weighted by molar-refractivity contribution is 0.130. The van der Waals surface area contributed by atoms with Crippen molar-refractivity contribution in [2.75, 3.05) is 19.8 Å². The second-order valence-corrected chi connectivity index (χ2v) is 9.19. The molecule has 0 amide bonds. The highest BCUT2D eigenvalue weighted by atomic mass is 16.5. The van der Waals surface area contributed by atoms with Crippen molar-refractivity contribution in [2.45, 2.75) is 97.3 Å². The molecule has 0 N–H and O–H groups in total. The summed E-state index contributed by atoms with van der Waals surface area (Å²) in [6.07, 6.45) is 22.7. The summed E-state index contributed by atoms with van der Waals surface area (Å²) in [7, 11) is 0. The Kier molecular flexibility index (Phi) is 15.9. The number of benzene rings is 1. The van der Waals surface area contributed by atoms with Crippen LogP contribution >= 0.6 is 0 Å². The molecule has 3 heteroatoms. The van der Waals surface area contributed by atoms with Gasteiger partial charge in [-0.05, 0) is 56.2 Å². The predicted octanol–water partition coefficient (Wildman–Crippen LogP) is 8.96. The molecule has 2 aromatic rings. The van der Waals surface area contributed by atoms with Crippen molar-refractivity contribution < 1.29 is 9.47 Å². The van der Waals surface area contributed by atoms with Crippen LogP contribution in [-0.4, -0.2) is 24.8 Å². The van der Waals surface area contributed by atoms with Gasteiger partial charge in [0.05, 0.1) is 11.9 Å². The van der Waals surface area contributed by atoms with Gasteiger partial charge in [0.1, 0.15) is 12.4 Å². The maximum absolute atomic E-state index is 5.82. The molecule has 0 saturated heterocycles. The summed E-state index contributed by atoms with van der Waals surface area (Å²) >= 11 is 0. The van der Waals surface area contributed by atoms with E-state index in [2.05, 4.69) is 55.2 Å². The third-order valence-corrected chi connectivity index (χ3v) is 6.08. The van der Waals surface area contributed by atoms with E-state index >= 15 is 0 Å². The van der Waals surface area contributed by atoms with E-state index < -0.39 is 0 Å². The first-order valence-corrected chi connectivity index (χ1v) is 13.7. The molecule has 3 nitrogen and oxygen atoms in total. The van der Waals surface area contributed by atoms with Crippen LogP contribution in [0.2, 0.25) is 0 Å². The zero-order valence-corrected chi connectivity index (χ0v) is 21.8. The summed E-state index contributed by atoms with van der Waals surface area (Å²) in [6.45, 7) is 6.81. The Bertz CT molecular complexity index is 752. The fourth-order valence-electron chi connectivity index (χ4n) is 3.98. The van der Waals surface area contributed by atoms with E-state index in [-0.39, 0.29) is 0 Å². The topological polar surface area (TPSA) is 31.4 Å². The minimum absolute atomic E-state index is 0.608. The smallest absolute Gasteiger partial charge is 0.138 e. The lowest BCUT2D eigenvalue weighted by Gasteiger charge is -2.07. The first-order chi connectivity index (χ1) is 16.8. The Morgan fingerprint density at radius 2 is 1.47 bits per heavy atom. The molecule has 1 heterocycles. The van der Waals surface area contributed by atoms with Gasteiger partial charge < -0.3 is 9.47 Å². The molecular weight excluding hydrogens is 418 g/mol. The van der Waals surface area contributed by atoms with Crippen LogP contribution in [0.5, 0.6) is 5.75 Å². The molecule has 0 bridgehead atoms. The van der Waals surface area contributed by atoms with Crippen molar-refractivity contribution in [1.29, 1.82) is 0 Å². The van der Waals surface area contributed by atoms with Crippen LogP contribution in [0.15, 0.2) is 54.7 Å². The molecule has 2 rings (SSSR count). The monoisotopic (exact) mass is 465 g/mol. The molecule has 1 aromatic heterocycles. The number of unbranched alkanes of at least 4 members (excludes halogenated alkanes) is 9. The Hall–Kier alpha value is -2.13. The highest BCUT2D eigenvalue weighted by Gasteiger charge is 2.01. The van der Waals surface area contributed by atoms with Crippen molar-refractivity contribution in [3.05, 3.63) is 60.3 Å². The summed E-state index contributed by atoms with van der Waals surface area (Å²) in [6, 6.07) is 12.9. The predicted molar refractivity (Wildman–Crippen MR) is 146 cm³/mol. The third kappa shape index (κ3) is 12.9. The Morgan fingerprint density at radius 3 is 2.21 bits per heavy atom. The number of hydrogen-bond acceptors (Lipinski definition) is 3. The molecule has 0 aliphatic heterocycles. The van der Waals surface area contributed by atoms with Crippen molar-refractivity contribution in [3.63, 3.8) is 0 Å². The van der Waals surface area contributed by atoms with E-state index in [0.29, 0.717) is 6.61 Å². The van der Waals surface area contributed by atoms with Gasteiger partial charge in [0.25, 0.3) is 0 Å². The molecule has 188 valence electrons. The van der Waals surface area contributed by atoms with Gasteiger partial charge in [-0.2, -0.15) is 0 Å². The molecule has 0 aliphatic rings. The quantitative estimate of drug-likeness (QED) is 0.144. The first kappa shape index (κ1) is 28.1. The fraction of sp³-hybridized carbons (Fsp3) is 0.581. The van der Waals surface area contributed by atoms with Crippen LogP contribution in [0.4, 0.5) is 0 Å². The third-order valence-electron chi connectivity index (χ3n) is 6.08. The summed E-state index contributed by atoms with van der Waals surface area (Å²) in [5, 5.41) is 0. The molecule has 0 saturated carbocycles. The van der Waals surface area contributed by atoms with Gasteiger partial charge in [0, 0.05) is 18.8 Å². The van der Waals surface area contributed by atoms with Crippen molar-refractivity contribution in [1.82, 2.24) is 4.98 Å². The van der Waals surface area contributed by atoms with Crippen LogP contribution in [0.3, 0.4) is 0 Å². The highest BCUT2D eigenvalue weighted by Crippen LogP contribution is 2.21. The second-order valence-electron chi connectivity index (χ2n) is 9.19. The molecule has 0 radical (unpaired) electrons. The van der Waals surface area contributed by atoms with Crippen LogP contribution < -0.4 is 4.74 Å². The lowest BCUT2D eigenvalue weighted by Crippen LogP contribution is -1.96. The maximum Gasteiger partial charge on any atom is 0.138 e. The minimum Gasteiger partial charge on any atom is -0.488 e. The largest absolute Gasteiger partial charge is 0.488 e. The van der Waals surface area contributed by atoms with E-state index in [0.717, 1.165) is 55.9 Å². The second kappa shape index (κ2) is 19.2. The minimum atomic E-state index is 0.608. The number of pyridine rings is 1. The summed E-state index contributed by atoms with van der Waals surface area (Å²) in [4.78, 5) is 4.60. The number of rotatable bonds is 20. The van der Waals surface area contributed by atoms with Gasteiger partial charge >= 0.3 is 0 Å². The van der Waals surface area contributed by atoms with Crippen molar-refractivity contribution in [2.24, 2.45) is 0 Å². The van der Waals surface area contributed by atoms with Crippen molar-refractivity contribution >= 4 is 0 Å². The Morgan fingerprint density at radius 1 is 0.706 bits per heavy atom. The standard InChI is InChI=1S/C31H47NO2/c1-3-5-6-7-8-9-10-11-12-16-26-34-30-22-23-31(32-27-30)29-20-18-28(19-21-29)17-14-13-15-25-33-24-4-2/h12,16,18-23,27H,3-11,13-15,17,24-26H2,1-2H3. The first-order valence-electron chi connectivity index (χ1n) is 13.7. The number of hydrogen-bond donors (Lipinski definition) is 0. The van der Waals surface area contributed by atoms with E-state index in [9.17, 15) is 0 Å². The van der Waals surface area contributed by atoms with Crippen LogP contribution in [0, 0.1) is 0 Å². The van der Waals surface area contributed by atoms with Crippen LogP contribution in [0.25, 0.3) is 11.3 Å². The molecule has 1 aromatic carbocycles. The molecular formula is C31H47NO2. The average molecular weight is 466 g/mol. The normalized spacial score (nSPS) is 11.4. The SMILES string of the molecule is CCCCCCCCCC=CCOc1ccc(-c2ccc(CCCCCOCCC)cc2)nc1. The zero-order valence-electron chi connectivity index (χ0n) is 21.8. The molecule has 0 atom stereocenters. The van der Waals surface area contributed by atoms with Gasteiger partial charge in [0.15, 0.2) is 0 Å².